The second-order valence-electron chi connectivity index (χ2n) is 6.13. The quantitative estimate of drug-likeness (QED) is 0.859. The molecule has 0 radical (unpaired) electrons. The molecule has 1 N–H and O–H groups in total. The number of aryl methyl sites for hydroxylation is 1. The fourth-order valence-electron chi connectivity index (χ4n) is 3.12. The van der Waals surface area contributed by atoms with Crippen LogP contribution in [-0.4, -0.2) is 53.8 Å². The zero-order chi connectivity index (χ0) is 16.1. The minimum absolute atomic E-state index is 0.172. The van der Waals surface area contributed by atoms with Crippen LogP contribution in [-0.2, 0) is 17.1 Å². The van der Waals surface area contributed by atoms with Gasteiger partial charge in [0.25, 0.3) is 5.91 Å². The van der Waals surface area contributed by atoms with Gasteiger partial charge in [-0.3, -0.25) is 9.48 Å². The summed E-state index contributed by atoms with van der Waals surface area (Å²) in [7, 11) is -1.59. The smallest absolute Gasteiger partial charge is 0.271 e. The topological polar surface area (TPSA) is 84.3 Å². The number of aromatic nitrogens is 2. The molecule has 7 nitrogen and oxygen atoms in total. The lowest BCUT2D eigenvalue weighted by Gasteiger charge is -2.19. The molecular weight excluding hydrogens is 328 g/mol. The lowest BCUT2D eigenvalue weighted by molar-refractivity contribution is 0.0919. The van der Waals surface area contributed by atoms with Crippen LogP contribution in [0.25, 0.3) is 0 Å². The van der Waals surface area contributed by atoms with Crippen molar-refractivity contribution in [1.29, 1.82) is 0 Å². The van der Waals surface area contributed by atoms with E-state index in [0.717, 1.165) is 12.8 Å². The second-order valence-corrected chi connectivity index (χ2v) is 8.52. The molecule has 1 aliphatic carbocycles. The summed E-state index contributed by atoms with van der Waals surface area (Å²) in [5.74, 6) is 0.362. The maximum Gasteiger partial charge on any atom is 0.271 e. The third-order valence-electron chi connectivity index (χ3n) is 4.45. The fourth-order valence-corrected chi connectivity index (χ4v) is 4.25. The number of hydrogen-bond acceptors (Lipinski definition) is 4. The van der Waals surface area contributed by atoms with Crippen LogP contribution < -0.4 is 5.32 Å². The van der Waals surface area contributed by atoms with Crippen LogP contribution in [0.5, 0.6) is 0 Å². The first-order valence-corrected chi connectivity index (χ1v) is 9.43. The molecule has 1 aromatic heterocycles. The molecule has 122 valence electrons. The van der Waals surface area contributed by atoms with Gasteiger partial charge in [-0.05, 0) is 24.7 Å². The second kappa shape index (κ2) is 5.50. The molecule has 1 amide bonds. The Morgan fingerprint density at radius 3 is 2.59 bits per heavy atom. The number of carbonyl (C=O) groups is 1. The van der Waals surface area contributed by atoms with Crippen molar-refractivity contribution in [2.45, 2.75) is 18.9 Å². The Bertz CT molecular complexity index is 679. The fraction of sp³-hybridized carbons (Fsp3) is 0.692. The van der Waals surface area contributed by atoms with Gasteiger partial charge >= 0.3 is 0 Å². The van der Waals surface area contributed by atoms with E-state index in [9.17, 15) is 13.2 Å². The Hall–Kier alpha value is -1.12. The molecular formula is C13H19ClN4O3S. The Labute approximate surface area is 134 Å². The number of rotatable bonds is 4. The molecule has 1 aliphatic heterocycles. The maximum absolute atomic E-state index is 12.4. The van der Waals surface area contributed by atoms with Crippen molar-refractivity contribution >= 4 is 27.5 Å². The SMILES string of the molecule is Cn1ncc(Cl)c1C(=O)N[C@@H]1CN(S(C)(=O)=O)C[C@H]1C1CC1. The highest BCUT2D eigenvalue weighted by Gasteiger charge is 2.45. The third kappa shape index (κ3) is 3.00. The van der Waals surface area contributed by atoms with E-state index >= 15 is 0 Å². The van der Waals surface area contributed by atoms with E-state index < -0.39 is 10.0 Å². The van der Waals surface area contributed by atoms with Crippen molar-refractivity contribution in [3.63, 3.8) is 0 Å². The van der Waals surface area contributed by atoms with Crippen LogP contribution in [0.15, 0.2) is 6.20 Å². The Balaban J connectivity index is 1.77. The van der Waals surface area contributed by atoms with Gasteiger partial charge in [0.1, 0.15) is 5.69 Å². The highest BCUT2D eigenvalue weighted by Crippen LogP contribution is 2.42. The first kappa shape index (κ1) is 15.8. The summed E-state index contributed by atoms with van der Waals surface area (Å²) >= 11 is 5.99. The molecule has 0 unspecified atom stereocenters. The normalized spacial score (nSPS) is 26.3. The van der Waals surface area contributed by atoms with Crippen LogP contribution >= 0.6 is 11.6 Å². The largest absolute Gasteiger partial charge is 0.346 e. The van der Waals surface area contributed by atoms with Gasteiger partial charge in [0.15, 0.2) is 0 Å². The summed E-state index contributed by atoms with van der Waals surface area (Å²) in [6.45, 7) is 0.800. The summed E-state index contributed by atoms with van der Waals surface area (Å²) in [6.07, 6.45) is 4.83. The van der Waals surface area contributed by atoms with Gasteiger partial charge in [-0.25, -0.2) is 8.42 Å². The van der Waals surface area contributed by atoms with E-state index in [1.165, 1.54) is 21.4 Å². The lowest BCUT2D eigenvalue weighted by atomic mass is 9.98. The summed E-state index contributed by atoms with van der Waals surface area (Å²) < 4.78 is 26.4. The van der Waals surface area contributed by atoms with Gasteiger partial charge < -0.3 is 5.32 Å². The molecule has 1 saturated heterocycles. The van der Waals surface area contributed by atoms with Gasteiger partial charge in [0.05, 0.1) is 17.5 Å². The molecule has 0 bridgehead atoms. The van der Waals surface area contributed by atoms with Crippen molar-refractivity contribution in [2.24, 2.45) is 18.9 Å². The van der Waals surface area contributed by atoms with E-state index in [1.54, 1.807) is 7.05 Å². The average Bonchev–Trinajstić information content (AvgIpc) is 3.07. The monoisotopic (exact) mass is 346 g/mol. The summed E-state index contributed by atoms with van der Waals surface area (Å²) in [5, 5.41) is 7.19. The number of hydrogen-bond donors (Lipinski definition) is 1. The van der Waals surface area contributed by atoms with Crippen molar-refractivity contribution in [1.82, 2.24) is 19.4 Å². The van der Waals surface area contributed by atoms with Crippen LogP contribution in [0.4, 0.5) is 0 Å². The van der Waals surface area contributed by atoms with Crippen molar-refractivity contribution in [2.75, 3.05) is 19.3 Å². The predicted octanol–water partition coefficient (Wildman–Crippen LogP) is 0.473. The van der Waals surface area contributed by atoms with E-state index in [2.05, 4.69) is 10.4 Å². The molecule has 2 aliphatic rings. The molecule has 0 aromatic carbocycles. The minimum Gasteiger partial charge on any atom is -0.346 e. The van der Waals surface area contributed by atoms with E-state index in [-0.39, 0.29) is 17.9 Å². The number of halogens is 1. The van der Waals surface area contributed by atoms with Crippen LogP contribution in [0.3, 0.4) is 0 Å². The summed E-state index contributed by atoms with van der Waals surface area (Å²) in [4.78, 5) is 12.4. The Morgan fingerprint density at radius 2 is 2.09 bits per heavy atom. The molecule has 0 spiro atoms. The number of sulfonamides is 1. The first-order valence-electron chi connectivity index (χ1n) is 7.21. The summed E-state index contributed by atoms with van der Waals surface area (Å²) in [6, 6.07) is -0.180. The third-order valence-corrected chi connectivity index (χ3v) is 5.97. The van der Waals surface area contributed by atoms with Crippen molar-refractivity contribution in [3.05, 3.63) is 16.9 Å². The van der Waals surface area contributed by atoms with Crippen molar-refractivity contribution < 1.29 is 13.2 Å². The van der Waals surface area contributed by atoms with Gasteiger partial charge in [-0.15, -0.1) is 0 Å². The molecule has 1 saturated carbocycles. The van der Waals surface area contributed by atoms with Crippen LogP contribution in [0, 0.1) is 11.8 Å². The minimum atomic E-state index is -3.24. The Kier molecular flexibility index (Phi) is 3.94. The van der Waals surface area contributed by atoms with Gasteiger partial charge in [-0.1, -0.05) is 11.6 Å². The van der Waals surface area contributed by atoms with Crippen LogP contribution in [0.1, 0.15) is 23.3 Å². The summed E-state index contributed by atoms with van der Waals surface area (Å²) in [5.41, 5.74) is 0.300. The van der Waals surface area contributed by atoms with E-state index in [4.69, 9.17) is 11.6 Å². The maximum atomic E-state index is 12.4. The lowest BCUT2D eigenvalue weighted by Crippen LogP contribution is -2.42. The number of nitrogens with zero attached hydrogens (tertiary/aromatic N) is 3. The Morgan fingerprint density at radius 1 is 1.41 bits per heavy atom. The van der Waals surface area contributed by atoms with Gasteiger partial charge in [-0.2, -0.15) is 9.40 Å². The molecule has 9 heteroatoms. The van der Waals surface area contributed by atoms with E-state index in [1.807, 2.05) is 0 Å². The van der Waals surface area contributed by atoms with Gasteiger partial charge in [0, 0.05) is 26.2 Å². The van der Waals surface area contributed by atoms with E-state index in [0.29, 0.717) is 29.7 Å². The van der Waals surface area contributed by atoms with Crippen LogP contribution in [0.2, 0.25) is 5.02 Å². The zero-order valence-corrected chi connectivity index (χ0v) is 14.1. The molecule has 2 heterocycles. The van der Waals surface area contributed by atoms with Gasteiger partial charge in [0.2, 0.25) is 10.0 Å². The van der Waals surface area contributed by atoms with Crippen molar-refractivity contribution in [3.8, 4) is 0 Å². The predicted molar refractivity (Wildman–Crippen MR) is 82.1 cm³/mol. The highest BCUT2D eigenvalue weighted by atomic mass is 35.5. The molecule has 3 rings (SSSR count). The number of carbonyl (C=O) groups excluding carboxylic acids is 1. The average molecular weight is 347 g/mol. The highest BCUT2D eigenvalue weighted by molar-refractivity contribution is 7.88. The number of nitrogens with one attached hydrogen (secondary N) is 1. The molecule has 1 aromatic rings. The molecule has 2 atom stereocenters. The first-order chi connectivity index (χ1) is 10.3. The standard InChI is InChI=1S/C13H19ClN4O3S/c1-17-12(10(14)5-15-17)13(19)16-11-7-18(22(2,20)21)6-9(11)8-3-4-8/h5,8-9,11H,3-4,6-7H2,1-2H3,(H,16,19)/t9-,11+/m0/s1. The number of amides is 1. The molecule has 2 fully saturated rings. The molecule has 22 heavy (non-hydrogen) atoms. The zero-order valence-electron chi connectivity index (χ0n) is 12.5.